The van der Waals surface area contributed by atoms with Crippen LogP contribution in [0.2, 0.25) is 0 Å². The number of nitrogens with zero attached hydrogens (tertiary/aromatic N) is 2. The van der Waals surface area contributed by atoms with E-state index >= 15 is 0 Å². The van der Waals surface area contributed by atoms with Crippen molar-refractivity contribution in [3.05, 3.63) is 24.0 Å². The number of amides is 2. The lowest BCUT2D eigenvalue weighted by atomic mass is 10.2. The number of piperazine rings is 1. The van der Waals surface area contributed by atoms with Gasteiger partial charge in [-0.3, -0.25) is 14.6 Å². The lowest BCUT2D eigenvalue weighted by molar-refractivity contribution is -0.123. The molecule has 0 saturated carbocycles. The minimum Gasteiger partial charge on any atom is -0.506 e. The topological polar surface area (TPSA) is 82.5 Å². The van der Waals surface area contributed by atoms with E-state index in [4.69, 9.17) is 0 Å². The molecule has 2 heterocycles. The van der Waals surface area contributed by atoms with E-state index in [1.807, 2.05) is 0 Å². The van der Waals surface area contributed by atoms with Crippen LogP contribution in [0.5, 0.6) is 5.75 Å². The molecule has 1 aromatic heterocycles. The van der Waals surface area contributed by atoms with Crippen molar-refractivity contribution in [1.82, 2.24) is 15.2 Å². The van der Waals surface area contributed by atoms with Crippen LogP contribution >= 0.6 is 0 Å². The van der Waals surface area contributed by atoms with Gasteiger partial charge in [-0.1, -0.05) is 0 Å². The summed E-state index contributed by atoms with van der Waals surface area (Å²) in [5, 5.41) is 11.8. The molecule has 16 heavy (non-hydrogen) atoms. The standard InChI is InChI=1S/C10H11N3O3/c14-8-3-7(4-11-5-8)10(16)13-2-1-12-9(15)6-13/h3-5,14H,1-2,6H2,(H,12,15). The smallest absolute Gasteiger partial charge is 0.256 e. The van der Waals surface area contributed by atoms with Gasteiger partial charge in [-0.25, -0.2) is 0 Å². The molecule has 0 unspecified atom stereocenters. The van der Waals surface area contributed by atoms with Crippen LogP contribution in [0.1, 0.15) is 10.4 Å². The summed E-state index contributed by atoms with van der Waals surface area (Å²) < 4.78 is 0. The fraction of sp³-hybridized carbons (Fsp3) is 0.300. The molecule has 1 aliphatic heterocycles. The zero-order chi connectivity index (χ0) is 11.5. The predicted molar refractivity (Wildman–Crippen MR) is 54.8 cm³/mol. The summed E-state index contributed by atoms with van der Waals surface area (Å²) in [7, 11) is 0. The van der Waals surface area contributed by atoms with Crippen molar-refractivity contribution in [1.29, 1.82) is 0 Å². The summed E-state index contributed by atoms with van der Waals surface area (Å²) >= 11 is 0. The Kier molecular flexibility index (Phi) is 2.72. The van der Waals surface area contributed by atoms with Gasteiger partial charge in [0, 0.05) is 19.3 Å². The summed E-state index contributed by atoms with van der Waals surface area (Å²) in [6.07, 6.45) is 2.62. The second kappa shape index (κ2) is 4.18. The molecule has 6 nitrogen and oxygen atoms in total. The third-order valence-electron chi connectivity index (χ3n) is 2.30. The lowest BCUT2D eigenvalue weighted by Gasteiger charge is -2.26. The largest absolute Gasteiger partial charge is 0.506 e. The Bertz CT molecular complexity index is 433. The normalized spacial score (nSPS) is 15.8. The van der Waals surface area contributed by atoms with Crippen LogP contribution in [0.4, 0.5) is 0 Å². The second-order valence-electron chi connectivity index (χ2n) is 3.51. The van der Waals surface area contributed by atoms with Gasteiger partial charge in [0.05, 0.1) is 18.3 Å². The van der Waals surface area contributed by atoms with Crippen LogP contribution in [-0.4, -0.2) is 46.4 Å². The van der Waals surface area contributed by atoms with E-state index in [0.29, 0.717) is 13.1 Å². The Morgan fingerprint density at radius 2 is 2.31 bits per heavy atom. The summed E-state index contributed by atoms with van der Waals surface area (Å²) in [5.41, 5.74) is 0.287. The third-order valence-corrected chi connectivity index (χ3v) is 2.30. The van der Waals surface area contributed by atoms with Gasteiger partial charge >= 0.3 is 0 Å². The first-order valence-electron chi connectivity index (χ1n) is 4.87. The molecule has 0 radical (unpaired) electrons. The Morgan fingerprint density at radius 3 is 3.00 bits per heavy atom. The van der Waals surface area contributed by atoms with Gasteiger partial charge in [0.1, 0.15) is 5.75 Å². The van der Waals surface area contributed by atoms with Gasteiger partial charge < -0.3 is 15.3 Å². The average molecular weight is 221 g/mol. The number of nitrogens with one attached hydrogen (secondary N) is 1. The molecule has 0 aromatic carbocycles. The van der Waals surface area contributed by atoms with Gasteiger partial charge in [0.25, 0.3) is 5.91 Å². The molecule has 1 fully saturated rings. The molecule has 2 rings (SSSR count). The van der Waals surface area contributed by atoms with Gasteiger partial charge in [0.2, 0.25) is 5.91 Å². The van der Waals surface area contributed by atoms with Crippen LogP contribution in [-0.2, 0) is 4.79 Å². The zero-order valence-corrected chi connectivity index (χ0v) is 8.51. The van der Waals surface area contributed by atoms with Gasteiger partial charge in [0.15, 0.2) is 0 Å². The zero-order valence-electron chi connectivity index (χ0n) is 8.51. The predicted octanol–water partition coefficient (Wildman–Crippen LogP) is -0.641. The Balaban J connectivity index is 2.15. The van der Waals surface area contributed by atoms with E-state index < -0.39 is 0 Å². The number of hydrogen-bond donors (Lipinski definition) is 2. The fourth-order valence-electron chi connectivity index (χ4n) is 1.54. The van der Waals surface area contributed by atoms with Crippen molar-refractivity contribution in [3.8, 4) is 5.75 Å². The highest BCUT2D eigenvalue weighted by molar-refractivity contribution is 5.97. The minimum atomic E-state index is -0.293. The molecular formula is C10H11N3O3. The number of aromatic nitrogens is 1. The molecule has 84 valence electrons. The van der Waals surface area contributed by atoms with E-state index in [9.17, 15) is 14.7 Å². The van der Waals surface area contributed by atoms with E-state index in [-0.39, 0.29) is 29.7 Å². The van der Waals surface area contributed by atoms with Crippen LogP contribution < -0.4 is 5.32 Å². The van der Waals surface area contributed by atoms with Crippen LogP contribution in [0.15, 0.2) is 18.5 Å². The van der Waals surface area contributed by atoms with Crippen LogP contribution in [0.3, 0.4) is 0 Å². The number of carbonyl (C=O) groups excluding carboxylic acids is 2. The van der Waals surface area contributed by atoms with E-state index in [2.05, 4.69) is 10.3 Å². The highest BCUT2D eigenvalue weighted by Crippen LogP contribution is 2.11. The number of rotatable bonds is 1. The molecule has 1 aliphatic rings. The molecule has 0 atom stereocenters. The maximum absolute atomic E-state index is 11.9. The average Bonchev–Trinajstić information content (AvgIpc) is 2.28. The first-order chi connectivity index (χ1) is 7.66. The second-order valence-corrected chi connectivity index (χ2v) is 3.51. The van der Waals surface area contributed by atoms with Crippen LogP contribution in [0.25, 0.3) is 0 Å². The Labute approximate surface area is 91.9 Å². The molecular weight excluding hydrogens is 210 g/mol. The maximum atomic E-state index is 11.9. The third kappa shape index (κ3) is 2.10. The highest BCUT2D eigenvalue weighted by Gasteiger charge is 2.22. The van der Waals surface area contributed by atoms with Crippen molar-refractivity contribution in [2.75, 3.05) is 19.6 Å². The first kappa shape index (κ1) is 10.4. The van der Waals surface area contributed by atoms with Crippen molar-refractivity contribution in [2.45, 2.75) is 0 Å². The number of aromatic hydroxyl groups is 1. The number of hydrogen-bond acceptors (Lipinski definition) is 4. The number of carbonyl (C=O) groups is 2. The summed E-state index contributed by atoms with van der Waals surface area (Å²) in [5.74, 6) is -0.529. The first-order valence-corrected chi connectivity index (χ1v) is 4.87. The minimum absolute atomic E-state index is 0.0501. The molecule has 6 heteroatoms. The highest BCUT2D eigenvalue weighted by atomic mass is 16.3. The summed E-state index contributed by atoms with van der Waals surface area (Å²) in [6, 6.07) is 1.34. The quantitative estimate of drug-likeness (QED) is 0.660. The van der Waals surface area contributed by atoms with Crippen molar-refractivity contribution in [3.63, 3.8) is 0 Å². The van der Waals surface area contributed by atoms with Crippen molar-refractivity contribution < 1.29 is 14.7 Å². The van der Waals surface area contributed by atoms with E-state index in [1.165, 1.54) is 23.4 Å². The molecule has 2 amide bonds. The number of pyridine rings is 1. The van der Waals surface area contributed by atoms with Gasteiger partial charge in [-0.15, -0.1) is 0 Å². The summed E-state index contributed by atoms with van der Waals surface area (Å²) in [6.45, 7) is 0.978. The summed E-state index contributed by atoms with van der Waals surface area (Å²) in [4.78, 5) is 28.1. The van der Waals surface area contributed by atoms with Crippen molar-refractivity contribution >= 4 is 11.8 Å². The fourth-order valence-corrected chi connectivity index (χ4v) is 1.54. The van der Waals surface area contributed by atoms with Crippen molar-refractivity contribution in [2.24, 2.45) is 0 Å². The molecule has 0 aliphatic carbocycles. The van der Waals surface area contributed by atoms with Gasteiger partial charge in [-0.2, -0.15) is 0 Å². The van der Waals surface area contributed by atoms with E-state index in [0.717, 1.165) is 0 Å². The SMILES string of the molecule is O=C1CN(C(=O)c2cncc(O)c2)CCN1. The maximum Gasteiger partial charge on any atom is 0.256 e. The molecule has 1 saturated heterocycles. The van der Waals surface area contributed by atoms with E-state index in [1.54, 1.807) is 0 Å². The van der Waals surface area contributed by atoms with Gasteiger partial charge in [-0.05, 0) is 6.07 Å². The lowest BCUT2D eigenvalue weighted by Crippen LogP contribution is -2.49. The Morgan fingerprint density at radius 1 is 1.50 bits per heavy atom. The molecule has 1 aromatic rings. The Hall–Kier alpha value is -2.11. The monoisotopic (exact) mass is 221 g/mol. The molecule has 0 bridgehead atoms. The molecule has 2 N–H and O–H groups in total. The molecule has 0 spiro atoms. The van der Waals surface area contributed by atoms with Crippen LogP contribution in [0, 0.1) is 0 Å².